The maximum absolute atomic E-state index is 13.2. The smallest absolute Gasteiger partial charge is 0.272 e. The van der Waals surface area contributed by atoms with Gasteiger partial charge in [0.1, 0.15) is 17.1 Å². The van der Waals surface area contributed by atoms with Crippen LogP contribution in [0.1, 0.15) is 57.8 Å². The molecule has 0 fully saturated rings. The maximum atomic E-state index is 13.2. The molecule has 3 rings (SSSR count). The van der Waals surface area contributed by atoms with Crippen LogP contribution < -0.4 is 21.3 Å². The van der Waals surface area contributed by atoms with Crippen LogP contribution in [-0.2, 0) is 18.9 Å². The van der Waals surface area contributed by atoms with Crippen LogP contribution in [0, 0.1) is 0 Å². The zero-order chi connectivity index (χ0) is 28.0. The van der Waals surface area contributed by atoms with Gasteiger partial charge in [-0.15, -0.1) is 0 Å². The number of nitrogens with one attached hydrogen (secondary N) is 4. The molecule has 0 atom stereocenters. The molecule has 3 aromatic rings. The average Bonchev–Trinajstić information content (AvgIpc) is 3.53. The first kappa shape index (κ1) is 28.3. The molecule has 0 aliphatic heterocycles. The highest BCUT2D eigenvalue weighted by Crippen LogP contribution is 2.22. The molecule has 0 spiro atoms. The molecule has 12 nitrogen and oxygen atoms in total. The Labute approximate surface area is 222 Å². The molecular weight excluding hydrogens is 488 g/mol. The van der Waals surface area contributed by atoms with E-state index in [1.54, 1.807) is 64.6 Å². The van der Waals surface area contributed by atoms with Crippen LogP contribution >= 0.6 is 0 Å². The normalized spacial score (nSPS) is 11.1. The molecule has 0 aromatic carbocycles. The summed E-state index contributed by atoms with van der Waals surface area (Å²) in [6, 6.07) is 4.73. The number of hydrogen-bond donors (Lipinski definition) is 4. The fraction of sp³-hybridized carbons (Fsp3) is 0.385. The minimum Gasteiger partial charge on any atom is -0.351 e. The minimum absolute atomic E-state index is 0.0564. The van der Waals surface area contributed by atoms with Gasteiger partial charge in [-0.1, -0.05) is 0 Å². The van der Waals surface area contributed by atoms with Crippen LogP contribution in [0.15, 0.2) is 36.8 Å². The molecule has 0 saturated carbocycles. The first-order chi connectivity index (χ1) is 18.0. The molecule has 0 saturated heterocycles. The first-order valence-electron chi connectivity index (χ1n) is 12.3. The summed E-state index contributed by atoms with van der Waals surface area (Å²) in [6.07, 6.45) is 6.37. The molecule has 3 aromatic heterocycles. The lowest BCUT2D eigenvalue weighted by Crippen LogP contribution is -2.28. The van der Waals surface area contributed by atoms with Crippen LogP contribution in [0.4, 0.5) is 17.1 Å². The number of nitrogens with zero attached hydrogens (tertiary/aromatic N) is 4. The van der Waals surface area contributed by atoms with Crippen LogP contribution in [0.2, 0.25) is 0 Å². The predicted octanol–water partition coefficient (Wildman–Crippen LogP) is 2.50. The minimum atomic E-state index is -0.386. The Balaban J connectivity index is 1.71. The van der Waals surface area contributed by atoms with E-state index in [0.717, 1.165) is 13.0 Å². The predicted molar refractivity (Wildman–Crippen MR) is 147 cm³/mol. The van der Waals surface area contributed by atoms with Crippen molar-refractivity contribution in [3.63, 3.8) is 0 Å². The monoisotopic (exact) mass is 524 g/mol. The molecule has 0 unspecified atom stereocenters. The van der Waals surface area contributed by atoms with E-state index in [1.165, 1.54) is 0 Å². The van der Waals surface area contributed by atoms with Gasteiger partial charge in [-0.25, -0.2) is 0 Å². The molecule has 12 heteroatoms. The van der Waals surface area contributed by atoms with Crippen molar-refractivity contribution >= 4 is 41.2 Å². The highest BCUT2D eigenvalue weighted by atomic mass is 16.2. The summed E-state index contributed by atoms with van der Waals surface area (Å²) in [7, 11) is 7.40. The second kappa shape index (κ2) is 12.3. The lowest BCUT2D eigenvalue weighted by atomic mass is 10.3. The van der Waals surface area contributed by atoms with Crippen molar-refractivity contribution in [1.82, 2.24) is 23.9 Å². The first-order valence-corrected chi connectivity index (χ1v) is 12.3. The molecule has 204 valence electrons. The van der Waals surface area contributed by atoms with Gasteiger partial charge >= 0.3 is 0 Å². The van der Waals surface area contributed by atoms with Gasteiger partial charge in [0.25, 0.3) is 17.7 Å². The summed E-state index contributed by atoms with van der Waals surface area (Å²) in [4.78, 5) is 51.4. The number of aromatic nitrogens is 3. The lowest BCUT2D eigenvalue weighted by molar-refractivity contribution is -0.105. The van der Waals surface area contributed by atoms with Crippen molar-refractivity contribution in [1.29, 1.82) is 0 Å². The highest BCUT2D eigenvalue weighted by Gasteiger charge is 2.20. The third-order valence-corrected chi connectivity index (χ3v) is 5.92. The Kier molecular flexibility index (Phi) is 9.13. The molecule has 0 aliphatic rings. The van der Waals surface area contributed by atoms with E-state index in [4.69, 9.17) is 0 Å². The number of rotatable bonds is 12. The maximum Gasteiger partial charge on any atom is 0.272 e. The molecule has 0 aliphatic carbocycles. The van der Waals surface area contributed by atoms with Crippen LogP contribution in [0.3, 0.4) is 0 Å². The fourth-order valence-electron chi connectivity index (χ4n) is 4.03. The van der Waals surface area contributed by atoms with Crippen LogP contribution in [0.25, 0.3) is 0 Å². The molecule has 0 bridgehead atoms. The van der Waals surface area contributed by atoms with Crippen molar-refractivity contribution in [2.75, 3.05) is 43.1 Å². The van der Waals surface area contributed by atoms with Crippen molar-refractivity contribution in [3.05, 3.63) is 53.9 Å². The van der Waals surface area contributed by atoms with E-state index in [1.807, 2.05) is 27.9 Å². The lowest BCUT2D eigenvalue weighted by Gasteiger charge is -2.12. The molecule has 0 radical (unpaired) electrons. The summed E-state index contributed by atoms with van der Waals surface area (Å²) in [5.41, 5.74) is 2.56. The Morgan fingerprint density at radius 2 is 1.37 bits per heavy atom. The van der Waals surface area contributed by atoms with Gasteiger partial charge in [0.15, 0.2) is 0 Å². The van der Waals surface area contributed by atoms with E-state index in [0.29, 0.717) is 47.1 Å². The second-order valence-electron chi connectivity index (χ2n) is 9.65. The summed E-state index contributed by atoms with van der Waals surface area (Å²) in [6.45, 7) is 5.28. The number of hydrogen-bond acceptors (Lipinski definition) is 5. The zero-order valence-electron chi connectivity index (χ0n) is 22.7. The standard InChI is InChI=1S/C26H36N8O4/c1-17(2)34-15-20(30-25(37)22-10-18(28-16-35)13-32(22)5)12-23(34)26(38)29-19-11-21(33(6)14-19)24(36)27-8-7-9-31(3)4/h10-17H,7-9H2,1-6H3,(H,27,36)(H,28,35)(H,29,38)(H,30,37). The van der Waals surface area contributed by atoms with E-state index in [9.17, 15) is 19.2 Å². The van der Waals surface area contributed by atoms with Gasteiger partial charge in [0, 0.05) is 45.3 Å². The SMILES string of the molecule is CC(C)n1cc(NC(=O)c2cc(NC=O)cn2C)cc1C(=O)Nc1cc(C(=O)NCCCN(C)C)n(C)c1. The van der Waals surface area contributed by atoms with Crippen molar-refractivity contribution < 1.29 is 19.2 Å². The third-order valence-electron chi connectivity index (χ3n) is 5.92. The fourth-order valence-corrected chi connectivity index (χ4v) is 4.03. The van der Waals surface area contributed by atoms with Crippen molar-refractivity contribution in [2.24, 2.45) is 14.1 Å². The number of carbonyl (C=O) groups is 4. The average molecular weight is 525 g/mol. The summed E-state index contributed by atoms with van der Waals surface area (Å²) >= 11 is 0. The van der Waals surface area contributed by atoms with Crippen LogP contribution in [0.5, 0.6) is 0 Å². The van der Waals surface area contributed by atoms with Crippen LogP contribution in [-0.4, -0.2) is 69.9 Å². The molecular formula is C26H36N8O4. The summed E-state index contributed by atoms with van der Waals surface area (Å²) in [5.74, 6) is -0.975. The van der Waals surface area contributed by atoms with Gasteiger partial charge in [-0.3, -0.25) is 19.2 Å². The molecule has 3 heterocycles. The number of amides is 4. The third kappa shape index (κ3) is 6.91. The Morgan fingerprint density at radius 1 is 0.842 bits per heavy atom. The van der Waals surface area contributed by atoms with Gasteiger partial charge in [0.2, 0.25) is 6.41 Å². The molecule has 4 amide bonds. The number of aryl methyl sites for hydroxylation is 2. The number of anilines is 3. The summed E-state index contributed by atoms with van der Waals surface area (Å²) < 4.78 is 5.02. The van der Waals surface area contributed by atoms with E-state index < -0.39 is 0 Å². The largest absolute Gasteiger partial charge is 0.351 e. The van der Waals surface area contributed by atoms with E-state index >= 15 is 0 Å². The second-order valence-corrected chi connectivity index (χ2v) is 9.65. The van der Waals surface area contributed by atoms with Gasteiger partial charge in [0.05, 0.1) is 17.1 Å². The van der Waals surface area contributed by atoms with E-state index in [-0.39, 0.29) is 23.8 Å². The number of carbonyl (C=O) groups excluding carboxylic acids is 4. The Hall–Kier alpha value is -4.32. The zero-order valence-corrected chi connectivity index (χ0v) is 22.7. The van der Waals surface area contributed by atoms with Gasteiger partial charge in [-0.2, -0.15) is 0 Å². The Bertz CT molecular complexity index is 1310. The molecule has 38 heavy (non-hydrogen) atoms. The van der Waals surface area contributed by atoms with Gasteiger partial charge < -0.3 is 39.9 Å². The van der Waals surface area contributed by atoms with Crippen molar-refractivity contribution in [2.45, 2.75) is 26.3 Å². The topological polar surface area (TPSA) is 134 Å². The quantitative estimate of drug-likeness (QED) is 0.213. The summed E-state index contributed by atoms with van der Waals surface area (Å²) in [5, 5.41) is 11.1. The highest BCUT2D eigenvalue weighted by molar-refractivity contribution is 6.07. The van der Waals surface area contributed by atoms with Gasteiger partial charge in [-0.05, 0) is 59.1 Å². The van der Waals surface area contributed by atoms with Crippen molar-refractivity contribution in [3.8, 4) is 0 Å². The van der Waals surface area contributed by atoms with E-state index in [2.05, 4.69) is 26.2 Å². The Morgan fingerprint density at radius 3 is 1.97 bits per heavy atom. The molecule has 4 N–H and O–H groups in total.